The van der Waals surface area contributed by atoms with E-state index in [2.05, 4.69) is 15.4 Å². The number of carbonyl (C=O) groups is 3. The first-order valence-corrected chi connectivity index (χ1v) is 11.0. The molecule has 0 aromatic heterocycles. The zero-order valence-electron chi connectivity index (χ0n) is 18.0. The third-order valence-electron chi connectivity index (χ3n) is 3.93. The molecule has 0 fully saturated rings. The van der Waals surface area contributed by atoms with Crippen molar-refractivity contribution in [1.29, 1.82) is 0 Å². The van der Waals surface area contributed by atoms with Crippen LogP contribution in [0, 0.1) is 0 Å². The van der Waals surface area contributed by atoms with Crippen LogP contribution in [0.2, 0.25) is 0 Å². The molecule has 2 aromatic carbocycles. The molecule has 0 saturated heterocycles. The first-order valence-electron chi connectivity index (χ1n) is 9.53. The molecular weight excluding hydrogens is 438 g/mol. The van der Waals surface area contributed by atoms with Gasteiger partial charge < -0.3 is 15.2 Å². The van der Waals surface area contributed by atoms with Crippen molar-refractivity contribution in [1.82, 2.24) is 4.72 Å². The maximum atomic E-state index is 12.6. The molecule has 10 nitrogen and oxygen atoms in total. The number of benzene rings is 2. The van der Waals surface area contributed by atoms with Gasteiger partial charge >= 0.3 is 12.1 Å². The van der Waals surface area contributed by atoms with E-state index in [1.54, 1.807) is 20.8 Å². The lowest BCUT2D eigenvalue weighted by molar-refractivity contribution is -0.117. The first kappa shape index (κ1) is 24.8. The van der Waals surface area contributed by atoms with Gasteiger partial charge in [-0.15, -0.1) is 0 Å². The fourth-order valence-corrected chi connectivity index (χ4v) is 3.64. The zero-order chi connectivity index (χ0) is 24.1. The Morgan fingerprint density at radius 2 is 1.41 bits per heavy atom. The van der Waals surface area contributed by atoms with Gasteiger partial charge in [-0.05, 0) is 76.2 Å². The van der Waals surface area contributed by atoms with Crippen LogP contribution in [0.5, 0.6) is 0 Å². The van der Waals surface area contributed by atoms with Crippen LogP contribution in [0.25, 0.3) is 0 Å². The Balaban J connectivity index is 1.99. The standard InChI is InChI=1S/C21H25N3O7S/c1-13(18(25)22-15-7-5-14(6-8-15)19(26)27)24-32(29,30)17-11-9-16(10-12-17)23-20(28)31-21(2,3)4/h5-13,24H,1-4H3,(H,22,25)(H,23,28)(H,26,27)/t13-/m0/s1. The van der Waals surface area contributed by atoms with Gasteiger partial charge in [-0.1, -0.05) is 0 Å². The lowest BCUT2D eigenvalue weighted by Gasteiger charge is -2.19. The predicted molar refractivity (Wildman–Crippen MR) is 118 cm³/mol. The van der Waals surface area contributed by atoms with Gasteiger partial charge in [0.1, 0.15) is 5.60 Å². The molecule has 0 aliphatic heterocycles. The second-order valence-corrected chi connectivity index (χ2v) is 9.58. The summed E-state index contributed by atoms with van der Waals surface area (Å²) in [5.74, 6) is -1.73. The highest BCUT2D eigenvalue weighted by Crippen LogP contribution is 2.16. The monoisotopic (exact) mass is 463 g/mol. The summed E-state index contributed by atoms with van der Waals surface area (Å²) in [4.78, 5) is 34.9. The van der Waals surface area contributed by atoms with Gasteiger partial charge in [0.05, 0.1) is 16.5 Å². The van der Waals surface area contributed by atoms with E-state index in [0.29, 0.717) is 11.4 Å². The summed E-state index contributed by atoms with van der Waals surface area (Å²) in [6.07, 6.45) is -0.673. The third-order valence-corrected chi connectivity index (χ3v) is 5.49. The third kappa shape index (κ3) is 7.36. The molecule has 11 heteroatoms. The number of carbonyl (C=O) groups excluding carboxylic acids is 2. The SMILES string of the molecule is C[C@H](NS(=O)(=O)c1ccc(NC(=O)OC(C)(C)C)cc1)C(=O)Nc1ccc(C(=O)O)cc1. The Bertz CT molecular complexity index is 1090. The van der Waals surface area contributed by atoms with Crippen LogP contribution in [0.3, 0.4) is 0 Å². The van der Waals surface area contributed by atoms with E-state index < -0.39 is 39.6 Å². The number of amides is 2. The minimum absolute atomic E-state index is 0.0568. The fourth-order valence-electron chi connectivity index (χ4n) is 2.44. The Hall–Kier alpha value is -3.44. The van der Waals surface area contributed by atoms with E-state index in [1.807, 2.05) is 0 Å². The Morgan fingerprint density at radius 1 is 0.906 bits per heavy atom. The highest BCUT2D eigenvalue weighted by atomic mass is 32.2. The molecule has 2 amide bonds. The van der Waals surface area contributed by atoms with E-state index in [-0.39, 0.29) is 10.5 Å². The smallest absolute Gasteiger partial charge is 0.412 e. The van der Waals surface area contributed by atoms with Crippen LogP contribution in [0.15, 0.2) is 53.4 Å². The van der Waals surface area contributed by atoms with Gasteiger partial charge in [-0.25, -0.2) is 18.0 Å². The van der Waals surface area contributed by atoms with E-state index in [1.165, 1.54) is 55.5 Å². The summed E-state index contributed by atoms with van der Waals surface area (Å²) in [5.41, 5.74) is 0.0468. The lowest BCUT2D eigenvalue weighted by atomic mass is 10.2. The number of carboxylic acid groups (broad SMARTS) is 1. The van der Waals surface area contributed by atoms with Crippen molar-refractivity contribution in [2.75, 3.05) is 10.6 Å². The fraction of sp³-hybridized carbons (Fsp3) is 0.286. The van der Waals surface area contributed by atoms with Gasteiger partial charge in [-0.2, -0.15) is 4.72 Å². The zero-order valence-corrected chi connectivity index (χ0v) is 18.8. The predicted octanol–water partition coefficient (Wildman–Crippen LogP) is 3.04. The number of sulfonamides is 1. The van der Waals surface area contributed by atoms with Crippen molar-refractivity contribution in [3.63, 3.8) is 0 Å². The number of aromatic carboxylic acids is 1. The van der Waals surface area contributed by atoms with Crippen molar-refractivity contribution in [2.45, 2.75) is 44.2 Å². The first-order chi connectivity index (χ1) is 14.8. The molecule has 4 N–H and O–H groups in total. The summed E-state index contributed by atoms with van der Waals surface area (Å²) in [6.45, 7) is 6.53. The summed E-state index contributed by atoms with van der Waals surface area (Å²) in [7, 11) is -4.02. The maximum absolute atomic E-state index is 12.6. The number of carboxylic acids is 1. The maximum Gasteiger partial charge on any atom is 0.412 e. The molecule has 0 bridgehead atoms. The average Bonchev–Trinajstić information content (AvgIpc) is 2.67. The minimum Gasteiger partial charge on any atom is -0.478 e. The molecule has 0 radical (unpaired) electrons. The molecule has 2 rings (SSSR count). The van der Waals surface area contributed by atoms with Crippen molar-refractivity contribution >= 4 is 39.4 Å². The number of rotatable bonds is 7. The van der Waals surface area contributed by atoms with Crippen molar-refractivity contribution in [3.8, 4) is 0 Å². The van der Waals surface area contributed by atoms with Gasteiger partial charge in [0, 0.05) is 11.4 Å². The van der Waals surface area contributed by atoms with Gasteiger partial charge in [0.25, 0.3) is 0 Å². The van der Waals surface area contributed by atoms with E-state index in [4.69, 9.17) is 9.84 Å². The molecule has 172 valence electrons. The second kappa shape index (κ2) is 9.79. The van der Waals surface area contributed by atoms with Crippen LogP contribution >= 0.6 is 0 Å². The summed E-state index contributed by atoms with van der Waals surface area (Å²) in [5, 5.41) is 13.9. The number of hydrogen-bond donors (Lipinski definition) is 4. The van der Waals surface area contributed by atoms with Gasteiger partial charge in [0.15, 0.2) is 0 Å². The molecule has 0 aliphatic carbocycles. The molecule has 0 unspecified atom stereocenters. The Morgan fingerprint density at radius 3 is 1.91 bits per heavy atom. The highest BCUT2D eigenvalue weighted by molar-refractivity contribution is 7.89. The number of hydrogen-bond acceptors (Lipinski definition) is 6. The summed E-state index contributed by atoms with van der Waals surface area (Å²) >= 11 is 0. The van der Waals surface area contributed by atoms with E-state index >= 15 is 0 Å². The van der Waals surface area contributed by atoms with Gasteiger partial charge in [0.2, 0.25) is 15.9 Å². The lowest BCUT2D eigenvalue weighted by Crippen LogP contribution is -2.41. The average molecular weight is 464 g/mol. The number of nitrogens with one attached hydrogen (secondary N) is 3. The quantitative estimate of drug-likeness (QED) is 0.493. The minimum atomic E-state index is -4.02. The molecule has 1 atom stereocenters. The molecule has 0 spiro atoms. The topological polar surface area (TPSA) is 151 Å². The van der Waals surface area contributed by atoms with E-state index in [9.17, 15) is 22.8 Å². The van der Waals surface area contributed by atoms with E-state index in [0.717, 1.165) is 0 Å². The molecule has 0 heterocycles. The van der Waals surface area contributed by atoms with Crippen molar-refractivity contribution in [3.05, 3.63) is 54.1 Å². The molecular formula is C21H25N3O7S. The van der Waals surface area contributed by atoms with Gasteiger partial charge in [-0.3, -0.25) is 10.1 Å². The Labute approximate surface area is 186 Å². The van der Waals surface area contributed by atoms with Crippen LogP contribution in [-0.2, 0) is 19.6 Å². The van der Waals surface area contributed by atoms with Crippen LogP contribution < -0.4 is 15.4 Å². The van der Waals surface area contributed by atoms with Crippen molar-refractivity contribution < 1.29 is 32.6 Å². The summed E-state index contributed by atoms with van der Waals surface area (Å²) < 4.78 is 32.5. The number of ether oxygens (including phenoxy) is 1. The normalized spacial score (nSPS) is 12.5. The Kier molecular flexibility index (Phi) is 7.60. The molecule has 2 aromatic rings. The molecule has 32 heavy (non-hydrogen) atoms. The number of anilines is 2. The van der Waals surface area contributed by atoms with Crippen LogP contribution in [-0.4, -0.2) is 43.1 Å². The van der Waals surface area contributed by atoms with Crippen LogP contribution in [0.4, 0.5) is 16.2 Å². The van der Waals surface area contributed by atoms with Crippen LogP contribution in [0.1, 0.15) is 38.1 Å². The molecule has 0 saturated carbocycles. The molecule has 0 aliphatic rings. The highest BCUT2D eigenvalue weighted by Gasteiger charge is 2.22. The van der Waals surface area contributed by atoms with Crippen molar-refractivity contribution in [2.24, 2.45) is 0 Å². The largest absolute Gasteiger partial charge is 0.478 e. The summed E-state index contributed by atoms with van der Waals surface area (Å²) in [6, 6.07) is 9.69. The second-order valence-electron chi connectivity index (χ2n) is 7.87.